The van der Waals surface area contributed by atoms with Crippen LogP contribution >= 0.6 is 0 Å². The third kappa shape index (κ3) is 7.41. The summed E-state index contributed by atoms with van der Waals surface area (Å²) in [5.41, 5.74) is 1.83. The summed E-state index contributed by atoms with van der Waals surface area (Å²) in [6, 6.07) is 7.75. The number of hydrogen-bond acceptors (Lipinski definition) is 7. The molecule has 182 valence electrons. The summed E-state index contributed by atoms with van der Waals surface area (Å²) in [4.78, 5) is 42.7. The summed E-state index contributed by atoms with van der Waals surface area (Å²) in [5, 5.41) is 5.15. The number of halogens is 1. The summed E-state index contributed by atoms with van der Waals surface area (Å²) in [6.45, 7) is 5.41. The number of rotatable bonds is 7. The first-order chi connectivity index (χ1) is 16.3. The van der Waals surface area contributed by atoms with E-state index in [1.807, 2.05) is 11.8 Å². The van der Waals surface area contributed by atoms with Crippen molar-refractivity contribution in [2.24, 2.45) is 0 Å². The number of amides is 3. The van der Waals surface area contributed by atoms with Crippen molar-refractivity contribution in [3.05, 3.63) is 53.6 Å². The van der Waals surface area contributed by atoms with Crippen LogP contribution in [0.25, 0.3) is 0 Å². The number of nitrogens with zero attached hydrogens (tertiary/aromatic N) is 3. The average Bonchev–Trinajstić information content (AvgIpc) is 2.81. The number of nitrogens with one attached hydrogen (secondary N) is 2. The molecule has 34 heavy (non-hydrogen) atoms. The van der Waals surface area contributed by atoms with Crippen LogP contribution in [-0.2, 0) is 20.8 Å². The Morgan fingerprint density at radius 1 is 1.03 bits per heavy atom. The fourth-order valence-electron chi connectivity index (χ4n) is 3.36. The van der Waals surface area contributed by atoms with Crippen molar-refractivity contribution in [2.75, 3.05) is 50.0 Å². The van der Waals surface area contributed by atoms with Crippen molar-refractivity contribution in [3.8, 4) is 0 Å². The number of esters is 1. The fraction of sp³-hybridized carbons (Fsp3) is 0.391. The molecule has 1 aliphatic rings. The standard InChI is InChI=1S/C23H28FN5O5/c1-16-6-7-19(14-25-16)26-22(31)27-20-5-3-4-18(21(20)24)15-28-8-10-29(11-9-28)23(32)34-13-12-33-17(2)30/h3-7,14H,8-13,15H2,1-2H3,(H2,26,27,31). The smallest absolute Gasteiger partial charge is 0.409 e. The molecule has 0 aliphatic carbocycles. The zero-order chi connectivity index (χ0) is 24.5. The van der Waals surface area contributed by atoms with Crippen LogP contribution in [0, 0.1) is 12.7 Å². The number of aromatic nitrogens is 1. The molecule has 2 heterocycles. The molecule has 0 spiro atoms. The summed E-state index contributed by atoms with van der Waals surface area (Å²) < 4.78 is 24.8. The predicted octanol–water partition coefficient (Wildman–Crippen LogP) is 2.99. The second-order valence-electron chi connectivity index (χ2n) is 7.76. The van der Waals surface area contributed by atoms with Crippen LogP contribution in [0.15, 0.2) is 36.5 Å². The quantitative estimate of drug-likeness (QED) is 0.470. The molecule has 1 aromatic heterocycles. The Kier molecular flexibility index (Phi) is 8.74. The van der Waals surface area contributed by atoms with E-state index in [-0.39, 0.29) is 18.9 Å². The molecule has 2 aromatic rings. The molecule has 0 atom stereocenters. The lowest BCUT2D eigenvalue weighted by Gasteiger charge is -2.34. The molecule has 2 N–H and O–H groups in total. The number of carbonyl (C=O) groups excluding carboxylic acids is 3. The second-order valence-corrected chi connectivity index (χ2v) is 7.76. The minimum atomic E-state index is -0.567. The topological polar surface area (TPSA) is 113 Å². The van der Waals surface area contributed by atoms with Crippen molar-refractivity contribution in [1.82, 2.24) is 14.8 Å². The van der Waals surface area contributed by atoms with E-state index in [1.165, 1.54) is 19.2 Å². The van der Waals surface area contributed by atoms with Gasteiger partial charge in [-0.1, -0.05) is 12.1 Å². The summed E-state index contributed by atoms with van der Waals surface area (Å²) in [7, 11) is 0. The number of aryl methyl sites for hydroxylation is 1. The molecule has 1 saturated heterocycles. The molecule has 0 bridgehead atoms. The van der Waals surface area contributed by atoms with Crippen LogP contribution in [-0.4, -0.2) is 72.3 Å². The Morgan fingerprint density at radius 3 is 2.44 bits per heavy atom. The Labute approximate surface area is 197 Å². The van der Waals surface area contributed by atoms with Crippen LogP contribution in [0.4, 0.5) is 25.4 Å². The molecule has 0 radical (unpaired) electrons. The fourth-order valence-corrected chi connectivity index (χ4v) is 3.36. The van der Waals surface area contributed by atoms with E-state index in [0.29, 0.717) is 44.0 Å². The maximum Gasteiger partial charge on any atom is 0.409 e. The average molecular weight is 474 g/mol. The monoisotopic (exact) mass is 473 g/mol. The lowest BCUT2D eigenvalue weighted by Crippen LogP contribution is -2.48. The molecule has 1 fully saturated rings. The first kappa shape index (κ1) is 24.9. The number of urea groups is 1. The van der Waals surface area contributed by atoms with E-state index in [0.717, 1.165) is 5.69 Å². The van der Waals surface area contributed by atoms with E-state index in [9.17, 15) is 14.4 Å². The first-order valence-electron chi connectivity index (χ1n) is 10.9. The largest absolute Gasteiger partial charge is 0.462 e. The van der Waals surface area contributed by atoms with Gasteiger partial charge in [0.05, 0.1) is 17.6 Å². The van der Waals surface area contributed by atoms with Crippen LogP contribution < -0.4 is 10.6 Å². The SMILES string of the molecule is CC(=O)OCCOC(=O)N1CCN(Cc2cccc(NC(=O)Nc3ccc(C)nc3)c2F)CC1. The second kappa shape index (κ2) is 11.9. The molecular weight excluding hydrogens is 445 g/mol. The maximum absolute atomic E-state index is 15.0. The molecule has 0 unspecified atom stereocenters. The summed E-state index contributed by atoms with van der Waals surface area (Å²) in [5.74, 6) is -0.938. The Bertz CT molecular complexity index is 1010. The number of ether oxygens (including phenoxy) is 2. The third-order valence-electron chi connectivity index (χ3n) is 5.13. The minimum Gasteiger partial charge on any atom is -0.462 e. The highest BCUT2D eigenvalue weighted by atomic mass is 19.1. The number of carbonyl (C=O) groups is 3. The van der Waals surface area contributed by atoms with E-state index in [2.05, 4.69) is 15.6 Å². The van der Waals surface area contributed by atoms with Gasteiger partial charge in [0.25, 0.3) is 0 Å². The summed E-state index contributed by atoms with van der Waals surface area (Å²) >= 11 is 0. The number of hydrogen-bond donors (Lipinski definition) is 2. The van der Waals surface area contributed by atoms with E-state index in [1.54, 1.807) is 29.2 Å². The minimum absolute atomic E-state index is 0.00235. The Morgan fingerprint density at radius 2 is 1.76 bits per heavy atom. The predicted molar refractivity (Wildman–Crippen MR) is 123 cm³/mol. The van der Waals surface area contributed by atoms with Gasteiger partial charge in [0.1, 0.15) is 13.2 Å². The molecule has 10 nitrogen and oxygen atoms in total. The molecule has 3 amide bonds. The molecule has 11 heteroatoms. The summed E-state index contributed by atoms with van der Waals surface area (Å²) in [6.07, 6.45) is 1.05. The molecule has 3 rings (SSSR count). The van der Waals surface area contributed by atoms with E-state index >= 15 is 4.39 Å². The number of piperazine rings is 1. The van der Waals surface area contributed by atoms with Crippen LogP contribution in [0.5, 0.6) is 0 Å². The van der Waals surface area contributed by atoms with E-state index in [4.69, 9.17) is 9.47 Å². The van der Waals surface area contributed by atoms with Gasteiger partial charge < -0.3 is 25.0 Å². The van der Waals surface area contributed by atoms with Gasteiger partial charge in [0, 0.05) is 50.9 Å². The lowest BCUT2D eigenvalue weighted by atomic mass is 10.1. The van der Waals surface area contributed by atoms with Gasteiger partial charge in [-0.3, -0.25) is 14.7 Å². The maximum atomic E-state index is 15.0. The molecular formula is C23H28FN5O5. The van der Waals surface area contributed by atoms with Crippen molar-refractivity contribution in [2.45, 2.75) is 20.4 Å². The highest BCUT2D eigenvalue weighted by Gasteiger charge is 2.23. The molecule has 0 saturated carbocycles. The van der Waals surface area contributed by atoms with Crippen LogP contribution in [0.2, 0.25) is 0 Å². The van der Waals surface area contributed by atoms with Gasteiger partial charge in [-0.15, -0.1) is 0 Å². The zero-order valence-corrected chi connectivity index (χ0v) is 19.2. The van der Waals surface area contributed by atoms with Crippen molar-refractivity contribution in [1.29, 1.82) is 0 Å². The Hall–Kier alpha value is -3.73. The highest BCUT2D eigenvalue weighted by molar-refractivity contribution is 5.99. The van der Waals surface area contributed by atoms with Crippen molar-refractivity contribution in [3.63, 3.8) is 0 Å². The van der Waals surface area contributed by atoms with E-state index < -0.39 is 23.9 Å². The van der Waals surface area contributed by atoms with Crippen molar-refractivity contribution >= 4 is 29.5 Å². The third-order valence-corrected chi connectivity index (χ3v) is 5.13. The van der Waals surface area contributed by atoms with Gasteiger partial charge in [0.2, 0.25) is 0 Å². The van der Waals surface area contributed by atoms with Gasteiger partial charge >= 0.3 is 18.1 Å². The van der Waals surface area contributed by atoms with Gasteiger partial charge in [-0.2, -0.15) is 0 Å². The zero-order valence-electron chi connectivity index (χ0n) is 19.2. The van der Waals surface area contributed by atoms with Crippen LogP contribution in [0.3, 0.4) is 0 Å². The number of anilines is 2. The van der Waals surface area contributed by atoms with Gasteiger partial charge in [0.15, 0.2) is 5.82 Å². The number of pyridine rings is 1. The lowest BCUT2D eigenvalue weighted by molar-refractivity contribution is -0.142. The number of benzene rings is 1. The molecule has 1 aliphatic heterocycles. The van der Waals surface area contributed by atoms with Crippen LogP contribution in [0.1, 0.15) is 18.2 Å². The first-order valence-corrected chi connectivity index (χ1v) is 10.9. The van der Waals surface area contributed by atoms with Gasteiger partial charge in [-0.25, -0.2) is 14.0 Å². The van der Waals surface area contributed by atoms with Gasteiger partial charge in [-0.05, 0) is 25.1 Å². The highest BCUT2D eigenvalue weighted by Crippen LogP contribution is 2.21. The molecule has 1 aromatic carbocycles. The Balaban J connectivity index is 1.47. The van der Waals surface area contributed by atoms with Crippen molar-refractivity contribution < 1.29 is 28.2 Å². The normalized spacial score (nSPS) is 13.8.